The molecule has 4 rings (SSSR count). The van der Waals surface area contributed by atoms with E-state index in [1.54, 1.807) is 18.2 Å². The molecule has 168 valence electrons. The van der Waals surface area contributed by atoms with E-state index in [-0.39, 0.29) is 23.3 Å². The molecule has 1 atom stereocenters. The Morgan fingerprint density at radius 2 is 2.03 bits per heavy atom. The topological polar surface area (TPSA) is 140 Å². The van der Waals surface area contributed by atoms with Crippen molar-refractivity contribution in [3.8, 4) is 5.69 Å². The SMILES string of the molecule is CCN1CCCC1CN.Cc1ccc(C(=O)NC2CC2)cc1-n1ncc(C(=O)O)c1N. The van der Waals surface area contributed by atoms with E-state index in [1.807, 2.05) is 6.92 Å². The van der Waals surface area contributed by atoms with Crippen LogP contribution in [0.5, 0.6) is 0 Å². The van der Waals surface area contributed by atoms with Gasteiger partial charge in [-0.15, -0.1) is 0 Å². The van der Waals surface area contributed by atoms with Crippen LogP contribution in [-0.4, -0.2) is 63.4 Å². The van der Waals surface area contributed by atoms with E-state index in [2.05, 4.69) is 22.2 Å². The lowest BCUT2D eigenvalue weighted by atomic mass is 10.1. The average Bonchev–Trinajstić information content (AvgIpc) is 3.29. The maximum atomic E-state index is 12.1. The first-order chi connectivity index (χ1) is 14.8. The highest BCUT2D eigenvalue weighted by atomic mass is 16.4. The summed E-state index contributed by atoms with van der Waals surface area (Å²) in [6, 6.07) is 6.15. The fraction of sp³-hybridized carbons (Fsp3) is 0.500. The van der Waals surface area contributed by atoms with Crippen molar-refractivity contribution in [2.24, 2.45) is 5.73 Å². The van der Waals surface area contributed by atoms with Crippen LogP contribution in [0.3, 0.4) is 0 Å². The van der Waals surface area contributed by atoms with Crippen molar-refractivity contribution < 1.29 is 14.7 Å². The quantitative estimate of drug-likeness (QED) is 0.550. The second-order valence-corrected chi connectivity index (χ2v) is 8.07. The molecule has 6 N–H and O–H groups in total. The zero-order valence-electron chi connectivity index (χ0n) is 18.2. The predicted octanol–water partition coefficient (Wildman–Crippen LogP) is 1.78. The first kappa shape index (κ1) is 22.8. The summed E-state index contributed by atoms with van der Waals surface area (Å²) >= 11 is 0. The summed E-state index contributed by atoms with van der Waals surface area (Å²) in [5.41, 5.74) is 13.3. The summed E-state index contributed by atoms with van der Waals surface area (Å²) in [6.07, 6.45) is 5.88. The van der Waals surface area contributed by atoms with Crippen LogP contribution < -0.4 is 16.8 Å². The number of benzene rings is 1. The standard InChI is InChI=1S/C15H16N4O3.C7H16N2/c1-8-2-3-9(14(20)18-10-4-5-10)6-12(8)19-13(16)11(7-17-19)15(21)22;1-2-9-5-3-4-7(9)6-8/h2-3,6-7,10H,4-5,16H2,1H3,(H,18,20)(H,21,22);7H,2-6,8H2,1H3. The number of carbonyl (C=O) groups excluding carboxylic acids is 1. The Bertz CT molecular complexity index is 927. The van der Waals surface area contributed by atoms with Crippen LogP contribution in [0, 0.1) is 6.92 Å². The van der Waals surface area contributed by atoms with Crippen molar-refractivity contribution >= 4 is 17.7 Å². The van der Waals surface area contributed by atoms with Gasteiger partial charge in [-0.2, -0.15) is 5.10 Å². The van der Waals surface area contributed by atoms with Gasteiger partial charge in [-0.05, 0) is 63.4 Å². The molecule has 0 spiro atoms. The average molecular weight is 429 g/mol. The second-order valence-electron chi connectivity index (χ2n) is 8.07. The van der Waals surface area contributed by atoms with Crippen LogP contribution in [0.1, 0.15) is 58.9 Å². The van der Waals surface area contributed by atoms with Crippen LogP contribution in [0.25, 0.3) is 5.69 Å². The van der Waals surface area contributed by atoms with Gasteiger partial charge in [0.2, 0.25) is 0 Å². The largest absolute Gasteiger partial charge is 0.477 e. The predicted molar refractivity (Wildman–Crippen MR) is 119 cm³/mol. The number of amides is 1. The maximum absolute atomic E-state index is 12.1. The van der Waals surface area contributed by atoms with Crippen molar-refractivity contribution in [3.05, 3.63) is 41.1 Å². The number of likely N-dealkylation sites (N-methyl/N-ethyl adjacent to an activating group) is 1. The minimum absolute atomic E-state index is 0.0374. The highest BCUT2D eigenvalue weighted by Gasteiger charge is 2.24. The van der Waals surface area contributed by atoms with Crippen molar-refractivity contribution in [1.82, 2.24) is 20.0 Å². The Morgan fingerprint density at radius 3 is 2.58 bits per heavy atom. The molecular weight excluding hydrogens is 396 g/mol. The van der Waals surface area contributed by atoms with Gasteiger partial charge in [0.05, 0.1) is 11.9 Å². The number of hydrogen-bond acceptors (Lipinski definition) is 6. The lowest BCUT2D eigenvalue weighted by molar-refractivity contribution is 0.0697. The Labute approximate surface area is 182 Å². The van der Waals surface area contributed by atoms with E-state index < -0.39 is 5.97 Å². The first-order valence-electron chi connectivity index (χ1n) is 10.8. The van der Waals surface area contributed by atoms with Crippen LogP contribution >= 0.6 is 0 Å². The summed E-state index contributed by atoms with van der Waals surface area (Å²) < 4.78 is 1.34. The number of nitrogen functional groups attached to an aromatic ring is 1. The van der Waals surface area contributed by atoms with Crippen LogP contribution in [0.15, 0.2) is 24.4 Å². The van der Waals surface area contributed by atoms with E-state index in [9.17, 15) is 9.59 Å². The van der Waals surface area contributed by atoms with E-state index in [1.165, 1.54) is 36.8 Å². The number of carboxylic acid groups (broad SMARTS) is 1. The molecule has 1 aromatic carbocycles. The number of anilines is 1. The third-order valence-electron chi connectivity index (χ3n) is 5.83. The molecule has 2 aliphatic rings. The van der Waals surface area contributed by atoms with E-state index in [0.29, 0.717) is 17.3 Å². The molecule has 1 aliphatic carbocycles. The summed E-state index contributed by atoms with van der Waals surface area (Å²) in [7, 11) is 0. The highest BCUT2D eigenvalue weighted by Crippen LogP contribution is 2.23. The number of carbonyl (C=O) groups is 2. The summed E-state index contributed by atoms with van der Waals surface area (Å²) in [4.78, 5) is 25.6. The van der Waals surface area contributed by atoms with Gasteiger partial charge in [-0.3, -0.25) is 9.69 Å². The van der Waals surface area contributed by atoms with Crippen molar-refractivity contribution in [3.63, 3.8) is 0 Å². The van der Waals surface area contributed by atoms with Gasteiger partial charge in [0.25, 0.3) is 5.91 Å². The molecule has 1 amide bonds. The Hall–Kier alpha value is -2.91. The van der Waals surface area contributed by atoms with Crippen molar-refractivity contribution in [1.29, 1.82) is 0 Å². The van der Waals surface area contributed by atoms with Gasteiger partial charge in [-0.25, -0.2) is 9.48 Å². The van der Waals surface area contributed by atoms with Gasteiger partial charge in [0.15, 0.2) is 0 Å². The molecule has 31 heavy (non-hydrogen) atoms. The van der Waals surface area contributed by atoms with E-state index in [0.717, 1.165) is 24.9 Å². The number of aromatic nitrogens is 2. The maximum Gasteiger partial charge on any atom is 0.341 e. The zero-order valence-corrected chi connectivity index (χ0v) is 18.2. The number of carboxylic acids is 1. The molecule has 2 heterocycles. The van der Waals surface area contributed by atoms with Gasteiger partial charge in [0, 0.05) is 24.2 Å². The van der Waals surface area contributed by atoms with Crippen LogP contribution in [0.2, 0.25) is 0 Å². The zero-order chi connectivity index (χ0) is 22.5. The van der Waals surface area contributed by atoms with E-state index in [4.69, 9.17) is 16.6 Å². The minimum Gasteiger partial charge on any atom is -0.477 e. The molecule has 1 saturated heterocycles. The number of aromatic carboxylic acids is 1. The van der Waals surface area contributed by atoms with Gasteiger partial charge in [0.1, 0.15) is 11.4 Å². The summed E-state index contributed by atoms with van der Waals surface area (Å²) in [5.74, 6) is -1.24. The number of rotatable bonds is 6. The highest BCUT2D eigenvalue weighted by molar-refractivity contribution is 5.95. The fourth-order valence-electron chi connectivity index (χ4n) is 3.77. The molecule has 1 saturated carbocycles. The first-order valence-corrected chi connectivity index (χ1v) is 10.8. The molecule has 9 heteroatoms. The van der Waals surface area contributed by atoms with Crippen LogP contribution in [-0.2, 0) is 0 Å². The Morgan fingerprint density at radius 1 is 1.29 bits per heavy atom. The normalized spacial score (nSPS) is 18.4. The molecule has 1 aliphatic heterocycles. The summed E-state index contributed by atoms with van der Waals surface area (Å²) in [6.45, 7) is 7.32. The Kier molecular flexibility index (Phi) is 7.29. The number of likely N-dealkylation sites (tertiary alicyclic amines) is 1. The number of aryl methyl sites for hydroxylation is 1. The third-order valence-corrected chi connectivity index (χ3v) is 5.83. The molecule has 0 bridgehead atoms. The fourth-order valence-corrected chi connectivity index (χ4v) is 3.77. The molecule has 2 fully saturated rings. The second kappa shape index (κ2) is 9.93. The van der Waals surface area contributed by atoms with Gasteiger partial charge >= 0.3 is 5.97 Å². The monoisotopic (exact) mass is 428 g/mol. The number of nitrogens with zero attached hydrogens (tertiary/aromatic N) is 3. The lowest BCUT2D eigenvalue weighted by Crippen LogP contribution is -2.34. The molecule has 2 aromatic rings. The lowest BCUT2D eigenvalue weighted by Gasteiger charge is -2.20. The molecule has 1 aromatic heterocycles. The third kappa shape index (κ3) is 5.42. The molecular formula is C22H32N6O3. The van der Waals surface area contributed by atoms with Crippen molar-refractivity contribution in [2.75, 3.05) is 25.4 Å². The molecule has 1 unspecified atom stereocenters. The molecule has 9 nitrogen and oxygen atoms in total. The molecule has 0 radical (unpaired) electrons. The van der Waals surface area contributed by atoms with Crippen molar-refractivity contribution in [2.45, 2.75) is 51.6 Å². The Balaban J connectivity index is 0.000000254. The van der Waals surface area contributed by atoms with E-state index >= 15 is 0 Å². The van der Waals surface area contributed by atoms with Crippen LogP contribution in [0.4, 0.5) is 5.82 Å². The number of nitrogens with two attached hydrogens (primary N) is 2. The summed E-state index contributed by atoms with van der Waals surface area (Å²) in [5, 5.41) is 16.0. The minimum atomic E-state index is -1.14. The van der Waals surface area contributed by atoms with Gasteiger partial charge < -0.3 is 21.9 Å². The number of nitrogens with one attached hydrogen (secondary N) is 1. The smallest absolute Gasteiger partial charge is 0.341 e. The number of hydrogen-bond donors (Lipinski definition) is 4. The van der Waals surface area contributed by atoms with Gasteiger partial charge in [-0.1, -0.05) is 13.0 Å².